The summed E-state index contributed by atoms with van der Waals surface area (Å²) in [4.78, 5) is 52.8. The molecule has 3 aliphatic rings. The van der Waals surface area contributed by atoms with E-state index in [2.05, 4.69) is 5.32 Å². The fourth-order valence-corrected chi connectivity index (χ4v) is 4.47. The van der Waals surface area contributed by atoms with Gasteiger partial charge >= 0.3 is 0 Å². The van der Waals surface area contributed by atoms with Crippen molar-refractivity contribution < 1.29 is 19.2 Å². The third kappa shape index (κ3) is 3.90. The summed E-state index contributed by atoms with van der Waals surface area (Å²) in [5, 5.41) is 2.91. The Morgan fingerprint density at radius 3 is 2.38 bits per heavy atom. The van der Waals surface area contributed by atoms with Crippen molar-refractivity contribution in [3.05, 3.63) is 64.7 Å². The van der Waals surface area contributed by atoms with Crippen LogP contribution in [-0.2, 0) is 22.6 Å². The summed E-state index contributed by atoms with van der Waals surface area (Å²) in [5.74, 6) is -0.305. The highest BCUT2D eigenvalue weighted by Gasteiger charge is 2.35. The van der Waals surface area contributed by atoms with Gasteiger partial charge in [0, 0.05) is 37.7 Å². The predicted molar refractivity (Wildman–Crippen MR) is 118 cm³/mol. The zero-order valence-electron chi connectivity index (χ0n) is 17.8. The first-order chi connectivity index (χ1) is 15.5. The van der Waals surface area contributed by atoms with Crippen LogP contribution in [-0.4, -0.2) is 46.5 Å². The van der Waals surface area contributed by atoms with Crippen molar-refractivity contribution in [3.63, 3.8) is 0 Å². The topological polar surface area (TPSA) is 86.8 Å². The maximum atomic E-state index is 12.4. The van der Waals surface area contributed by atoms with E-state index >= 15 is 0 Å². The van der Waals surface area contributed by atoms with Gasteiger partial charge in [-0.15, -0.1) is 0 Å². The number of amides is 4. The number of hydrogen-bond acceptors (Lipinski definition) is 4. The molecule has 0 radical (unpaired) electrons. The molecular weight excluding hydrogens is 406 g/mol. The lowest BCUT2D eigenvalue weighted by Crippen LogP contribution is -2.36. The molecule has 0 aromatic heterocycles. The molecule has 2 aliphatic heterocycles. The number of hydrogen-bond donors (Lipinski definition) is 1. The van der Waals surface area contributed by atoms with Crippen LogP contribution in [0.2, 0.25) is 0 Å². The molecule has 2 aromatic rings. The molecule has 32 heavy (non-hydrogen) atoms. The zero-order valence-corrected chi connectivity index (χ0v) is 17.8. The SMILES string of the molecule is O=C(CCCN1C(=O)c2ccccc2C1=O)Nc1ccc2c(c1)CN(C(=O)C1CC1)CC2. The first-order valence-electron chi connectivity index (χ1n) is 11.2. The maximum Gasteiger partial charge on any atom is 0.261 e. The molecule has 0 bridgehead atoms. The molecule has 1 N–H and O–H groups in total. The van der Waals surface area contributed by atoms with Gasteiger partial charge in [0.1, 0.15) is 0 Å². The van der Waals surface area contributed by atoms with E-state index in [1.165, 1.54) is 10.5 Å². The maximum absolute atomic E-state index is 12.4. The summed E-state index contributed by atoms with van der Waals surface area (Å²) in [6.45, 7) is 1.56. The second-order valence-corrected chi connectivity index (χ2v) is 8.73. The molecule has 4 amide bonds. The van der Waals surface area contributed by atoms with Gasteiger partial charge in [-0.3, -0.25) is 24.1 Å². The average Bonchev–Trinajstić information content (AvgIpc) is 3.62. The molecule has 7 heteroatoms. The largest absolute Gasteiger partial charge is 0.338 e. The molecule has 1 saturated carbocycles. The van der Waals surface area contributed by atoms with E-state index < -0.39 is 0 Å². The number of rotatable bonds is 6. The van der Waals surface area contributed by atoms with Crippen LogP contribution in [0.25, 0.3) is 0 Å². The summed E-state index contributed by atoms with van der Waals surface area (Å²) in [6.07, 6.45) is 3.43. The lowest BCUT2D eigenvalue weighted by molar-refractivity contribution is -0.133. The Labute approximate surface area is 186 Å². The lowest BCUT2D eigenvalue weighted by Gasteiger charge is -2.29. The summed E-state index contributed by atoms with van der Waals surface area (Å²) in [7, 11) is 0. The molecule has 164 valence electrons. The third-order valence-corrected chi connectivity index (χ3v) is 6.40. The Hall–Kier alpha value is -3.48. The Bertz CT molecular complexity index is 1090. The van der Waals surface area contributed by atoms with Crippen LogP contribution in [0.3, 0.4) is 0 Å². The summed E-state index contributed by atoms with van der Waals surface area (Å²) in [5.41, 5.74) is 3.84. The summed E-state index contributed by atoms with van der Waals surface area (Å²) < 4.78 is 0. The lowest BCUT2D eigenvalue weighted by atomic mass is 9.98. The standard InChI is InChI=1S/C25H25N3O4/c29-22(6-3-12-28-24(31)20-4-1-2-5-21(20)25(28)32)26-19-10-9-16-11-13-27(15-18(16)14-19)23(30)17-7-8-17/h1-2,4-5,9-10,14,17H,3,6-8,11-13,15H2,(H,26,29). The van der Waals surface area contributed by atoms with E-state index in [9.17, 15) is 19.2 Å². The van der Waals surface area contributed by atoms with Crippen LogP contribution < -0.4 is 5.32 Å². The van der Waals surface area contributed by atoms with E-state index in [0.717, 1.165) is 31.4 Å². The fourth-order valence-electron chi connectivity index (χ4n) is 4.47. The van der Waals surface area contributed by atoms with E-state index in [1.807, 2.05) is 23.1 Å². The Morgan fingerprint density at radius 2 is 1.69 bits per heavy atom. The summed E-state index contributed by atoms with van der Waals surface area (Å²) >= 11 is 0. The fraction of sp³-hybridized carbons (Fsp3) is 0.360. The minimum absolute atomic E-state index is 0.164. The van der Waals surface area contributed by atoms with Crippen molar-refractivity contribution >= 4 is 29.3 Å². The molecule has 5 rings (SSSR count). The molecule has 0 atom stereocenters. The van der Waals surface area contributed by atoms with Crippen molar-refractivity contribution in [2.24, 2.45) is 5.92 Å². The van der Waals surface area contributed by atoms with Crippen LogP contribution in [0, 0.1) is 5.92 Å². The highest BCUT2D eigenvalue weighted by molar-refractivity contribution is 6.21. The van der Waals surface area contributed by atoms with E-state index in [0.29, 0.717) is 29.8 Å². The highest BCUT2D eigenvalue weighted by atomic mass is 16.2. The molecular formula is C25H25N3O4. The van der Waals surface area contributed by atoms with Crippen molar-refractivity contribution in [1.29, 1.82) is 0 Å². The minimum Gasteiger partial charge on any atom is -0.338 e. The number of benzene rings is 2. The molecule has 1 fully saturated rings. The van der Waals surface area contributed by atoms with Crippen LogP contribution in [0.15, 0.2) is 42.5 Å². The van der Waals surface area contributed by atoms with Crippen molar-refractivity contribution in [2.75, 3.05) is 18.4 Å². The van der Waals surface area contributed by atoms with Crippen molar-refractivity contribution in [3.8, 4) is 0 Å². The van der Waals surface area contributed by atoms with Crippen LogP contribution in [0.4, 0.5) is 5.69 Å². The monoisotopic (exact) mass is 431 g/mol. The van der Waals surface area contributed by atoms with Gasteiger partial charge in [-0.1, -0.05) is 18.2 Å². The Kier molecular flexibility index (Phi) is 5.25. The van der Waals surface area contributed by atoms with Gasteiger partial charge in [0.25, 0.3) is 11.8 Å². The van der Waals surface area contributed by atoms with Gasteiger partial charge in [0.05, 0.1) is 11.1 Å². The number of anilines is 1. The minimum atomic E-state index is -0.300. The predicted octanol–water partition coefficient (Wildman–Crippen LogP) is 3.00. The molecule has 1 aliphatic carbocycles. The number of carbonyl (C=O) groups is 4. The molecule has 0 saturated heterocycles. The summed E-state index contributed by atoms with van der Waals surface area (Å²) in [6, 6.07) is 12.6. The highest BCUT2D eigenvalue weighted by Crippen LogP contribution is 2.33. The van der Waals surface area contributed by atoms with Gasteiger partial charge in [-0.2, -0.15) is 0 Å². The van der Waals surface area contributed by atoms with Crippen molar-refractivity contribution in [1.82, 2.24) is 9.80 Å². The van der Waals surface area contributed by atoms with Crippen molar-refractivity contribution in [2.45, 2.75) is 38.6 Å². The quantitative estimate of drug-likeness (QED) is 0.713. The van der Waals surface area contributed by atoms with Crippen LogP contribution in [0.1, 0.15) is 57.5 Å². The zero-order chi connectivity index (χ0) is 22.2. The number of carbonyl (C=O) groups excluding carboxylic acids is 4. The first kappa shape index (κ1) is 20.4. The molecule has 2 heterocycles. The molecule has 0 spiro atoms. The number of fused-ring (bicyclic) bond motifs is 2. The van der Waals surface area contributed by atoms with E-state index in [1.54, 1.807) is 24.3 Å². The second-order valence-electron chi connectivity index (χ2n) is 8.73. The van der Waals surface area contributed by atoms with Gasteiger partial charge in [-0.05, 0) is 61.1 Å². The second kappa shape index (κ2) is 8.22. The van der Waals surface area contributed by atoms with E-state index in [4.69, 9.17) is 0 Å². The molecule has 2 aromatic carbocycles. The number of nitrogens with zero attached hydrogens (tertiary/aromatic N) is 2. The smallest absolute Gasteiger partial charge is 0.261 e. The normalized spacial score (nSPS) is 17.2. The number of imide groups is 1. The van der Waals surface area contributed by atoms with Gasteiger partial charge in [0.15, 0.2) is 0 Å². The van der Waals surface area contributed by atoms with Crippen LogP contribution in [0.5, 0.6) is 0 Å². The molecule has 0 unspecified atom stereocenters. The third-order valence-electron chi connectivity index (χ3n) is 6.40. The molecule has 7 nitrogen and oxygen atoms in total. The Morgan fingerprint density at radius 1 is 0.969 bits per heavy atom. The average molecular weight is 431 g/mol. The van der Waals surface area contributed by atoms with E-state index in [-0.39, 0.29) is 42.5 Å². The Balaban J connectivity index is 1.14. The van der Waals surface area contributed by atoms with Crippen LogP contribution >= 0.6 is 0 Å². The number of nitrogens with one attached hydrogen (secondary N) is 1. The van der Waals surface area contributed by atoms with Gasteiger partial charge in [-0.25, -0.2) is 0 Å². The van der Waals surface area contributed by atoms with Gasteiger partial charge in [0.2, 0.25) is 11.8 Å². The van der Waals surface area contributed by atoms with Gasteiger partial charge < -0.3 is 10.2 Å². The first-order valence-corrected chi connectivity index (χ1v) is 11.2.